The molecule has 2 saturated carbocycles. The summed E-state index contributed by atoms with van der Waals surface area (Å²) in [6.07, 6.45) is 11.0. The molecule has 138 valence electrons. The fraction of sp³-hybridized carbons (Fsp3) is 0.944. The quantitative estimate of drug-likeness (QED) is 0.781. The number of carbonyl (C=O) groups excluding carboxylic acids is 1. The molecule has 0 radical (unpaired) electrons. The first-order valence-electron chi connectivity index (χ1n) is 9.69. The Labute approximate surface area is 146 Å². The first-order valence-corrected chi connectivity index (χ1v) is 11.3. The number of piperazine rings is 1. The van der Waals surface area contributed by atoms with Crippen molar-refractivity contribution in [2.45, 2.75) is 76.7 Å². The van der Waals surface area contributed by atoms with Crippen LogP contribution in [0.15, 0.2) is 0 Å². The Morgan fingerprint density at radius 1 is 1.00 bits per heavy atom. The van der Waals surface area contributed by atoms with Gasteiger partial charge in [0, 0.05) is 26.6 Å². The molecule has 1 spiro atoms. The van der Waals surface area contributed by atoms with Crippen LogP contribution < -0.4 is 0 Å². The van der Waals surface area contributed by atoms with E-state index in [2.05, 4.69) is 0 Å². The Morgan fingerprint density at radius 2 is 1.62 bits per heavy atom. The summed E-state index contributed by atoms with van der Waals surface area (Å²) >= 11 is 0. The zero-order valence-corrected chi connectivity index (χ0v) is 15.8. The summed E-state index contributed by atoms with van der Waals surface area (Å²) in [5.41, 5.74) is -0.248. The van der Waals surface area contributed by atoms with Crippen molar-refractivity contribution < 1.29 is 13.2 Å². The van der Waals surface area contributed by atoms with Crippen LogP contribution >= 0.6 is 0 Å². The van der Waals surface area contributed by atoms with Gasteiger partial charge in [0.25, 0.3) is 0 Å². The second kappa shape index (κ2) is 7.32. The molecular formula is C18H32N2O3S. The molecule has 3 fully saturated rings. The van der Waals surface area contributed by atoms with Crippen LogP contribution in [0.3, 0.4) is 0 Å². The van der Waals surface area contributed by atoms with Gasteiger partial charge in [-0.1, -0.05) is 38.5 Å². The van der Waals surface area contributed by atoms with Gasteiger partial charge < -0.3 is 4.90 Å². The van der Waals surface area contributed by atoms with Crippen molar-refractivity contribution in [2.24, 2.45) is 5.92 Å². The van der Waals surface area contributed by atoms with Gasteiger partial charge in [-0.05, 0) is 31.6 Å². The summed E-state index contributed by atoms with van der Waals surface area (Å²) in [4.78, 5) is 14.1. The molecule has 0 bridgehead atoms. The summed E-state index contributed by atoms with van der Waals surface area (Å²) in [6.45, 7) is 3.17. The van der Waals surface area contributed by atoms with Crippen LogP contribution in [0.25, 0.3) is 0 Å². The van der Waals surface area contributed by atoms with E-state index in [-0.39, 0.29) is 11.4 Å². The number of carbonyl (C=O) groups is 1. The molecule has 24 heavy (non-hydrogen) atoms. The molecule has 5 nitrogen and oxygen atoms in total. The van der Waals surface area contributed by atoms with Crippen molar-refractivity contribution >= 4 is 15.9 Å². The molecule has 1 amide bonds. The fourth-order valence-corrected chi connectivity index (χ4v) is 7.00. The summed E-state index contributed by atoms with van der Waals surface area (Å²) in [5, 5.41) is 0. The largest absolute Gasteiger partial charge is 0.335 e. The average Bonchev–Trinajstić information content (AvgIpc) is 2.55. The van der Waals surface area contributed by atoms with Crippen LogP contribution in [-0.4, -0.2) is 54.5 Å². The van der Waals surface area contributed by atoms with Crippen LogP contribution in [0.2, 0.25) is 0 Å². The maximum absolute atomic E-state index is 13.0. The monoisotopic (exact) mass is 356 g/mol. The highest BCUT2D eigenvalue weighted by Gasteiger charge is 2.46. The fourth-order valence-electron chi connectivity index (χ4n) is 5.07. The topological polar surface area (TPSA) is 57.7 Å². The predicted octanol–water partition coefficient (Wildman–Crippen LogP) is 2.76. The highest BCUT2D eigenvalue weighted by atomic mass is 32.2. The lowest BCUT2D eigenvalue weighted by Crippen LogP contribution is -2.65. The Bertz CT molecular complexity index is 549. The van der Waals surface area contributed by atoms with E-state index >= 15 is 0 Å². The maximum atomic E-state index is 13.0. The van der Waals surface area contributed by atoms with Gasteiger partial charge in [-0.2, -0.15) is 4.31 Å². The Hall–Kier alpha value is -0.620. The molecule has 0 aromatic carbocycles. The number of nitrogens with zero attached hydrogens (tertiary/aromatic N) is 2. The van der Waals surface area contributed by atoms with Crippen LogP contribution in [0.4, 0.5) is 0 Å². The van der Waals surface area contributed by atoms with Crippen molar-refractivity contribution in [1.82, 2.24) is 9.21 Å². The van der Waals surface area contributed by atoms with Gasteiger partial charge in [0.15, 0.2) is 0 Å². The normalized spacial score (nSPS) is 26.6. The molecule has 1 saturated heterocycles. The first kappa shape index (κ1) is 18.2. The smallest absolute Gasteiger partial charge is 0.219 e. The van der Waals surface area contributed by atoms with E-state index < -0.39 is 10.0 Å². The lowest BCUT2D eigenvalue weighted by Gasteiger charge is -2.52. The number of rotatable bonds is 3. The van der Waals surface area contributed by atoms with Gasteiger partial charge in [0.2, 0.25) is 15.9 Å². The number of hydrogen-bond donors (Lipinski definition) is 0. The molecule has 2 aliphatic carbocycles. The molecule has 1 heterocycles. The zero-order valence-electron chi connectivity index (χ0n) is 15.0. The van der Waals surface area contributed by atoms with Crippen LogP contribution in [0.1, 0.15) is 71.1 Å². The summed E-state index contributed by atoms with van der Waals surface area (Å²) in [5.74, 6) is 0.737. The molecule has 0 aromatic rings. The van der Waals surface area contributed by atoms with Crippen molar-refractivity contribution in [3.05, 3.63) is 0 Å². The number of hydrogen-bond acceptors (Lipinski definition) is 3. The van der Waals surface area contributed by atoms with Crippen LogP contribution in [0.5, 0.6) is 0 Å². The lowest BCUT2D eigenvalue weighted by molar-refractivity contribution is -0.140. The summed E-state index contributed by atoms with van der Waals surface area (Å²) in [7, 11) is -3.21. The minimum absolute atomic E-state index is 0.0984. The molecular weight excluding hydrogens is 324 g/mol. The highest BCUT2D eigenvalue weighted by molar-refractivity contribution is 7.89. The minimum Gasteiger partial charge on any atom is -0.335 e. The van der Waals surface area contributed by atoms with Gasteiger partial charge in [0.1, 0.15) is 0 Å². The van der Waals surface area contributed by atoms with Gasteiger partial charge in [-0.15, -0.1) is 0 Å². The second-order valence-electron chi connectivity index (χ2n) is 8.07. The van der Waals surface area contributed by atoms with E-state index in [0.29, 0.717) is 31.3 Å². The van der Waals surface area contributed by atoms with E-state index in [1.807, 2.05) is 4.90 Å². The molecule has 0 atom stereocenters. The van der Waals surface area contributed by atoms with E-state index in [1.54, 1.807) is 11.2 Å². The van der Waals surface area contributed by atoms with E-state index in [0.717, 1.165) is 38.5 Å². The van der Waals surface area contributed by atoms with Crippen molar-refractivity contribution in [3.8, 4) is 0 Å². The van der Waals surface area contributed by atoms with E-state index in [1.165, 1.54) is 25.7 Å². The van der Waals surface area contributed by atoms with Gasteiger partial charge in [-0.3, -0.25) is 4.79 Å². The Kier molecular flexibility index (Phi) is 5.55. The third-order valence-electron chi connectivity index (χ3n) is 6.35. The SMILES string of the molecule is CC(=O)N1CCN(S(=O)(=O)CC2CCCCC2)CC12CCCCC2. The van der Waals surface area contributed by atoms with Crippen LogP contribution in [-0.2, 0) is 14.8 Å². The number of amides is 1. The molecule has 0 unspecified atom stereocenters. The van der Waals surface area contributed by atoms with Crippen molar-refractivity contribution in [2.75, 3.05) is 25.4 Å². The predicted molar refractivity (Wildman–Crippen MR) is 95.1 cm³/mol. The summed E-state index contributed by atoms with van der Waals surface area (Å²) < 4.78 is 27.7. The minimum atomic E-state index is -3.21. The molecule has 6 heteroatoms. The van der Waals surface area contributed by atoms with Gasteiger partial charge in [-0.25, -0.2) is 8.42 Å². The summed E-state index contributed by atoms with van der Waals surface area (Å²) in [6, 6.07) is 0. The highest BCUT2D eigenvalue weighted by Crippen LogP contribution is 2.38. The third-order valence-corrected chi connectivity index (χ3v) is 8.34. The van der Waals surface area contributed by atoms with Crippen molar-refractivity contribution in [1.29, 1.82) is 0 Å². The van der Waals surface area contributed by atoms with Crippen molar-refractivity contribution in [3.63, 3.8) is 0 Å². The molecule has 0 aromatic heterocycles. The molecule has 3 aliphatic rings. The maximum Gasteiger partial charge on any atom is 0.219 e. The standard InChI is InChI=1S/C18H32N2O3S/c1-16(21)20-13-12-19(15-18(20)10-6-3-7-11-18)24(22,23)14-17-8-4-2-5-9-17/h17H,2-15H2,1H3. The molecule has 3 rings (SSSR count). The molecule has 0 N–H and O–H groups in total. The van der Waals surface area contributed by atoms with Gasteiger partial charge >= 0.3 is 0 Å². The van der Waals surface area contributed by atoms with E-state index in [9.17, 15) is 13.2 Å². The second-order valence-corrected chi connectivity index (χ2v) is 10.1. The third kappa shape index (κ3) is 3.79. The Morgan fingerprint density at radius 3 is 2.25 bits per heavy atom. The number of sulfonamides is 1. The van der Waals surface area contributed by atoms with Crippen LogP contribution in [0, 0.1) is 5.92 Å². The molecule has 1 aliphatic heterocycles. The first-order chi connectivity index (χ1) is 11.4. The lowest BCUT2D eigenvalue weighted by atomic mass is 9.79. The average molecular weight is 357 g/mol. The Balaban J connectivity index is 1.73. The van der Waals surface area contributed by atoms with E-state index in [4.69, 9.17) is 0 Å². The zero-order chi connectivity index (χ0) is 17.2. The van der Waals surface area contributed by atoms with Gasteiger partial charge in [0.05, 0.1) is 11.3 Å².